The van der Waals surface area contributed by atoms with Crippen molar-refractivity contribution in [3.8, 4) is 11.5 Å². The van der Waals surface area contributed by atoms with Crippen molar-refractivity contribution in [2.24, 2.45) is 11.3 Å². The first-order valence-electron chi connectivity index (χ1n) is 8.09. The number of hydrogen-bond acceptors (Lipinski definition) is 6. The Balaban J connectivity index is 1.61. The van der Waals surface area contributed by atoms with Crippen molar-refractivity contribution in [1.29, 1.82) is 0 Å². The molecule has 2 atom stereocenters. The Labute approximate surface area is 143 Å². The Morgan fingerprint density at radius 3 is 2.92 bits per heavy atom. The number of rotatable bonds is 2. The van der Waals surface area contributed by atoms with Gasteiger partial charge in [-0.05, 0) is 25.9 Å². The van der Waals surface area contributed by atoms with Crippen LogP contribution in [0.1, 0.15) is 16.1 Å². The van der Waals surface area contributed by atoms with Gasteiger partial charge in [-0.25, -0.2) is 0 Å². The van der Waals surface area contributed by atoms with Gasteiger partial charge in [0.25, 0.3) is 5.91 Å². The second-order valence-corrected chi connectivity index (χ2v) is 7.71. The molecular formula is C16H20N2O5S. The molecular weight excluding hydrogens is 332 g/mol. The third-order valence-electron chi connectivity index (χ3n) is 5.32. The number of aliphatic carboxylic acids is 1. The summed E-state index contributed by atoms with van der Waals surface area (Å²) in [5, 5.41) is 11.6. The van der Waals surface area contributed by atoms with E-state index in [0.717, 1.165) is 13.0 Å². The highest BCUT2D eigenvalue weighted by Gasteiger charge is 2.55. The van der Waals surface area contributed by atoms with Crippen LogP contribution in [0.25, 0.3) is 0 Å². The van der Waals surface area contributed by atoms with Crippen molar-refractivity contribution in [3.05, 3.63) is 10.3 Å². The van der Waals surface area contributed by atoms with Gasteiger partial charge in [0, 0.05) is 25.0 Å². The summed E-state index contributed by atoms with van der Waals surface area (Å²) in [6.07, 6.45) is 0.800. The molecule has 0 unspecified atom stereocenters. The highest BCUT2D eigenvalue weighted by molar-refractivity contribution is 7.12. The number of ether oxygens (including phenoxy) is 2. The zero-order valence-electron chi connectivity index (χ0n) is 13.5. The zero-order chi connectivity index (χ0) is 16.9. The van der Waals surface area contributed by atoms with Crippen molar-refractivity contribution < 1.29 is 24.2 Å². The molecule has 1 amide bonds. The van der Waals surface area contributed by atoms with E-state index in [4.69, 9.17) is 9.47 Å². The van der Waals surface area contributed by atoms with E-state index < -0.39 is 11.4 Å². The maximum atomic E-state index is 13.0. The molecule has 0 bridgehead atoms. The van der Waals surface area contributed by atoms with E-state index in [1.54, 1.807) is 10.3 Å². The Morgan fingerprint density at radius 2 is 2.12 bits per heavy atom. The van der Waals surface area contributed by atoms with Gasteiger partial charge in [0.1, 0.15) is 23.5 Å². The summed E-state index contributed by atoms with van der Waals surface area (Å²) < 4.78 is 11.1. The summed E-state index contributed by atoms with van der Waals surface area (Å²) >= 11 is 1.30. The molecule has 2 saturated heterocycles. The molecule has 4 heterocycles. The van der Waals surface area contributed by atoms with Gasteiger partial charge in [0.05, 0.1) is 0 Å². The molecule has 0 aliphatic carbocycles. The maximum absolute atomic E-state index is 13.0. The molecule has 1 aromatic heterocycles. The maximum Gasteiger partial charge on any atom is 0.313 e. The van der Waals surface area contributed by atoms with Gasteiger partial charge in [-0.3, -0.25) is 9.59 Å². The van der Waals surface area contributed by atoms with Crippen LogP contribution in [-0.4, -0.2) is 73.2 Å². The van der Waals surface area contributed by atoms with E-state index in [1.165, 1.54) is 11.3 Å². The lowest BCUT2D eigenvalue weighted by molar-refractivity contribution is -0.153. The van der Waals surface area contributed by atoms with Gasteiger partial charge >= 0.3 is 5.97 Å². The van der Waals surface area contributed by atoms with E-state index >= 15 is 0 Å². The minimum atomic E-state index is -0.864. The monoisotopic (exact) mass is 352 g/mol. The Bertz CT molecular complexity index is 690. The predicted octanol–water partition coefficient (Wildman–Crippen LogP) is 0.998. The fourth-order valence-corrected chi connectivity index (χ4v) is 4.97. The zero-order valence-corrected chi connectivity index (χ0v) is 14.3. The average molecular weight is 352 g/mol. The molecule has 3 aliphatic heterocycles. The number of fused-ring (bicyclic) bond motifs is 2. The fourth-order valence-electron chi connectivity index (χ4n) is 4.08. The molecule has 0 aromatic carbocycles. The molecule has 0 saturated carbocycles. The summed E-state index contributed by atoms with van der Waals surface area (Å²) in [6, 6.07) is 0. The van der Waals surface area contributed by atoms with E-state index in [9.17, 15) is 14.7 Å². The van der Waals surface area contributed by atoms with E-state index in [1.807, 2.05) is 11.9 Å². The van der Waals surface area contributed by atoms with E-state index in [2.05, 4.69) is 0 Å². The van der Waals surface area contributed by atoms with Crippen LogP contribution in [0.3, 0.4) is 0 Å². The van der Waals surface area contributed by atoms with Crippen LogP contribution in [0.5, 0.6) is 11.5 Å². The van der Waals surface area contributed by atoms with E-state index in [-0.39, 0.29) is 18.4 Å². The number of amides is 1. The number of carboxylic acids is 1. The van der Waals surface area contributed by atoms with Gasteiger partial charge in [0.2, 0.25) is 0 Å². The first-order valence-corrected chi connectivity index (χ1v) is 8.97. The summed E-state index contributed by atoms with van der Waals surface area (Å²) in [7, 11) is 1.94. The smallest absolute Gasteiger partial charge is 0.313 e. The van der Waals surface area contributed by atoms with Gasteiger partial charge in [-0.1, -0.05) is 0 Å². The third kappa shape index (κ3) is 2.28. The molecule has 0 spiro atoms. The summed E-state index contributed by atoms with van der Waals surface area (Å²) in [5.74, 6) is 0.168. The first kappa shape index (κ1) is 15.7. The first-order chi connectivity index (χ1) is 11.5. The lowest BCUT2D eigenvalue weighted by atomic mass is 9.73. The molecule has 2 fully saturated rings. The van der Waals surface area contributed by atoms with Gasteiger partial charge < -0.3 is 24.4 Å². The van der Waals surface area contributed by atoms with Gasteiger partial charge in [-0.15, -0.1) is 11.3 Å². The number of carbonyl (C=O) groups is 2. The SMILES string of the molecule is CN1CC[C@H]2CN(C(=O)c3scc4c3OCCO4)C[C@@]2(C(=O)O)C1. The predicted molar refractivity (Wildman–Crippen MR) is 86.9 cm³/mol. The second kappa shape index (κ2) is 5.63. The van der Waals surface area contributed by atoms with Crippen molar-refractivity contribution in [2.45, 2.75) is 6.42 Å². The van der Waals surface area contributed by atoms with Crippen molar-refractivity contribution in [1.82, 2.24) is 9.80 Å². The van der Waals surface area contributed by atoms with Crippen molar-refractivity contribution in [2.75, 3.05) is 46.4 Å². The topological polar surface area (TPSA) is 79.3 Å². The molecule has 7 nitrogen and oxygen atoms in total. The van der Waals surface area contributed by atoms with Crippen LogP contribution >= 0.6 is 11.3 Å². The van der Waals surface area contributed by atoms with Crippen molar-refractivity contribution in [3.63, 3.8) is 0 Å². The minimum Gasteiger partial charge on any atom is -0.485 e. The highest BCUT2D eigenvalue weighted by atomic mass is 32.1. The summed E-state index contributed by atoms with van der Waals surface area (Å²) in [6.45, 7) is 3.01. The molecule has 4 rings (SSSR count). The Hall–Kier alpha value is -1.80. The molecule has 1 N–H and O–H groups in total. The highest BCUT2D eigenvalue weighted by Crippen LogP contribution is 2.45. The van der Waals surface area contributed by atoms with Crippen LogP contribution in [0.15, 0.2) is 5.38 Å². The Kier molecular flexibility index (Phi) is 3.69. The summed E-state index contributed by atoms with van der Waals surface area (Å²) in [4.78, 5) is 29.2. The van der Waals surface area contributed by atoms with E-state index in [0.29, 0.717) is 42.7 Å². The summed E-state index contributed by atoms with van der Waals surface area (Å²) in [5.41, 5.74) is -0.864. The van der Waals surface area contributed by atoms with Gasteiger partial charge in [0.15, 0.2) is 11.5 Å². The number of nitrogens with zero attached hydrogens (tertiary/aromatic N) is 2. The number of thiophene rings is 1. The third-order valence-corrected chi connectivity index (χ3v) is 6.24. The van der Waals surface area contributed by atoms with Crippen LogP contribution in [0, 0.1) is 11.3 Å². The fraction of sp³-hybridized carbons (Fsp3) is 0.625. The number of likely N-dealkylation sites (tertiary alicyclic amines) is 2. The number of piperidine rings is 1. The average Bonchev–Trinajstić information content (AvgIpc) is 3.16. The van der Waals surface area contributed by atoms with Crippen LogP contribution in [0.4, 0.5) is 0 Å². The van der Waals surface area contributed by atoms with Crippen LogP contribution in [0.2, 0.25) is 0 Å². The standard InChI is InChI=1S/C16H20N2O5S/c1-17-3-2-10-6-18(9-16(10,8-17)15(20)21)14(19)13-12-11(7-24-13)22-4-5-23-12/h7,10H,2-6,8-9H2,1H3,(H,20,21)/t10-,16-/m0/s1. The molecule has 3 aliphatic rings. The molecule has 0 radical (unpaired) electrons. The number of hydrogen-bond donors (Lipinski definition) is 1. The largest absolute Gasteiger partial charge is 0.485 e. The molecule has 1 aromatic rings. The Morgan fingerprint density at radius 1 is 1.33 bits per heavy atom. The lowest BCUT2D eigenvalue weighted by Crippen LogP contribution is -2.52. The van der Waals surface area contributed by atoms with Crippen LogP contribution in [-0.2, 0) is 4.79 Å². The normalized spacial score (nSPS) is 29.4. The number of carbonyl (C=O) groups excluding carboxylic acids is 1. The molecule has 24 heavy (non-hydrogen) atoms. The van der Waals surface area contributed by atoms with Crippen LogP contribution < -0.4 is 9.47 Å². The minimum absolute atomic E-state index is 0.00288. The quantitative estimate of drug-likeness (QED) is 0.855. The molecule has 130 valence electrons. The number of carboxylic acid groups (broad SMARTS) is 1. The lowest BCUT2D eigenvalue weighted by Gasteiger charge is -2.39. The van der Waals surface area contributed by atoms with Crippen molar-refractivity contribution >= 4 is 23.2 Å². The molecule has 8 heteroatoms. The second-order valence-electron chi connectivity index (χ2n) is 6.83. The van der Waals surface area contributed by atoms with Gasteiger partial charge in [-0.2, -0.15) is 0 Å².